The van der Waals surface area contributed by atoms with Gasteiger partial charge in [-0.1, -0.05) is 12.1 Å². The van der Waals surface area contributed by atoms with E-state index in [1.807, 2.05) is 18.2 Å². The van der Waals surface area contributed by atoms with E-state index in [9.17, 15) is 0 Å². The third-order valence-electron chi connectivity index (χ3n) is 1.63. The van der Waals surface area contributed by atoms with Crippen molar-refractivity contribution in [2.45, 2.75) is 6.42 Å². The first-order valence-electron chi connectivity index (χ1n) is 3.79. The average Bonchev–Trinajstić information content (AvgIpc) is 2.03. The lowest BCUT2D eigenvalue weighted by molar-refractivity contribution is 0.408. The van der Waals surface area contributed by atoms with Crippen LogP contribution in [0, 0.1) is 5.41 Å². The molecule has 1 aromatic carbocycles. The van der Waals surface area contributed by atoms with Gasteiger partial charge in [0.25, 0.3) is 0 Å². The van der Waals surface area contributed by atoms with E-state index in [0.29, 0.717) is 6.42 Å². The average molecular weight is 243 g/mol. The third-order valence-corrected chi connectivity index (χ3v) is 2.26. The summed E-state index contributed by atoms with van der Waals surface area (Å²) in [7, 11) is 1.60. The summed E-state index contributed by atoms with van der Waals surface area (Å²) in [6.45, 7) is 0. The summed E-state index contributed by atoms with van der Waals surface area (Å²) in [5.41, 5.74) is 6.23. The highest BCUT2D eigenvalue weighted by Gasteiger charge is 2.06. The maximum atomic E-state index is 7.18. The monoisotopic (exact) mass is 242 g/mol. The molecule has 1 aromatic rings. The van der Waals surface area contributed by atoms with E-state index >= 15 is 0 Å². The van der Waals surface area contributed by atoms with Gasteiger partial charge in [0.15, 0.2) is 0 Å². The fourth-order valence-corrected chi connectivity index (χ4v) is 1.70. The van der Waals surface area contributed by atoms with Crippen LogP contribution < -0.4 is 10.5 Å². The Balaban J connectivity index is 3.05. The fourth-order valence-electron chi connectivity index (χ4n) is 1.13. The molecule has 0 aliphatic heterocycles. The SMILES string of the molecule is COc1c(Br)cccc1CC(=N)N. The number of rotatable bonds is 3. The number of nitrogens with two attached hydrogens (primary N) is 1. The van der Waals surface area contributed by atoms with E-state index in [1.54, 1.807) is 7.11 Å². The van der Waals surface area contributed by atoms with Gasteiger partial charge in [-0.05, 0) is 22.0 Å². The van der Waals surface area contributed by atoms with Crippen LogP contribution in [0.25, 0.3) is 0 Å². The van der Waals surface area contributed by atoms with Crippen LogP contribution in [0.2, 0.25) is 0 Å². The lowest BCUT2D eigenvalue weighted by atomic mass is 10.1. The molecule has 0 bridgehead atoms. The van der Waals surface area contributed by atoms with E-state index in [4.69, 9.17) is 15.9 Å². The van der Waals surface area contributed by atoms with Crippen molar-refractivity contribution in [3.05, 3.63) is 28.2 Å². The molecule has 0 spiro atoms. The van der Waals surface area contributed by atoms with Gasteiger partial charge in [0, 0.05) is 12.0 Å². The van der Waals surface area contributed by atoms with Crippen molar-refractivity contribution in [2.24, 2.45) is 5.73 Å². The summed E-state index contributed by atoms with van der Waals surface area (Å²) in [6, 6.07) is 5.68. The Morgan fingerprint density at radius 2 is 2.31 bits per heavy atom. The standard InChI is InChI=1S/C9H11BrN2O/c1-13-9-6(5-8(11)12)3-2-4-7(9)10/h2-4H,5H2,1H3,(H3,11,12). The highest BCUT2D eigenvalue weighted by molar-refractivity contribution is 9.10. The minimum absolute atomic E-state index is 0.136. The van der Waals surface area contributed by atoms with Gasteiger partial charge < -0.3 is 10.5 Å². The zero-order valence-electron chi connectivity index (χ0n) is 7.30. The Kier molecular flexibility index (Phi) is 3.31. The molecule has 70 valence electrons. The summed E-state index contributed by atoms with van der Waals surface area (Å²) in [6.07, 6.45) is 0.419. The highest BCUT2D eigenvalue weighted by Crippen LogP contribution is 2.28. The van der Waals surface area contributed by atoms with Crippen LogP contribution >= 0.6 is 15.9 Å². The van der Waals surface area contributed by atoms with Crippen LogP contribution in [-0.2, 0) is 6.42 Å². The lowest BCUT2D eigenvalue weighted by Crippen LogP contribution is -2.13. The van der Waals surface area contributed by atoms with E-state index in [0.717, 1.165) is 15.8 Å². The van der Waals surface area contributed by atoms with E-state index in [2.05, 4.69) is 15.9 Å². The van der Waals surface area contributed by atoms with E-state index in [-0.39, 0.29) is 5.84 Å². The number of methoxy groups -OCH3 is 1. The molecule has 3 N–H and O–H groups in total. The molecule has 0 fully saturated rings. The predicted molar refractivity (Wildman–Crippen MR) is 56.3 cm³/mol. The number of amidine groups is 1. The van der Waals surface area contributed by atoms with E-state index in [1.165, 1.54) is 0 Å². The Hall–Kier alpha value is -1.03. The lowest BCUT2D eigenvalue weighted by Gasteiger charge is -2.08. The Morgan fingerprint density at radius 3 is 2.85 bits per heavy atom. The predicted octanol–water partition coefficient (Wildman–Crippen LogP) is 1.94. The molecule has 0 saturated carbocycles. The molecule has 0 heterocycles. The topological polar surface area (TPSA) is 59.1 Å². The molecule has 0 aliphatic carbocycles. The second-order valence-corrected chi connectivity index (χ2v) is 3.49. The van der Waals surface area contributed by atoms with Crippen LogP contribution in [0.5, 0.6) is 5.75 Å². The van der Waals surface area contributed by atoms with Crippen molar-refractivity contribution in [1.29, 1.82) is 5.41 Å². The number of halogens is 1. The van der Waals surface area contributed by atoms with Gasteiger partial charge in [0.2, 0.25) is 0 Å². The minimum atomic E-state index is 0.136. The first kappa shape index (κ1) is 10.1. The summed E-state index contributed by atoms with van der Waals surface area (Å²) < 4.78 is 6.06. The van der Waals surface area contributed by atoms with Crippen molar-refractivity contribution in [1.82, 2.24) is 0 Å². The van der Waals surface area contributed by atoms with Gasteiger partial charge in [0.05, 0.1) is 17.4 Å². The minimum Gasteiger partial charge on any atom is -0.495 e. The van der Waals surface area contributed by atoms with Crippen LogP contribution in [-0.4, -0.2) is 12.9 Å². The Morgan fingerprint density at radius 1 is 1.62 bits per heavy atom. The number of para-hydroxylation sites is 1. The summed E-state index contributed by atoms with van der Waals surface area (Å²) >= 11 is 3.36. The fraction of sp³-hybridized carbons (Fsp3) is 0.222. The van der Waals surface area contributed by atoms with Crippen molar-refractivity contribution < 1.29 is 4.74 Å². The zero-order valence-corrected chi connectivity index (χ0v) is 8.89. The van der Waals surface area contributed by atoms with Crippen molar-refractivity contribution >= 4 is 21.8 Å². The smallest absolute Gasteiger partial charge is 0.136 e. The van der Waals surface area contributed by atoms with Gasteiger partial charge in [-0.3, -0.25) is 5.41 Å². The normalized spacial score (nSPS) is 9.69. The maximum absolute atomic E-state index is 7.18. The molecule has 0 amide bonds. The number of nitrogens with one attached hydrogen (secondary N) is 1. The molecular weight excluding hydrogens is 232 g/mol. The molecule has 13 heavy (non-hydrogen) atoms. The molecule has 0 unspecified atom stereocenters. The molecule has 0 radical (unpaired) electrons. The van der Waals surface area contributed by atoms with Crippen LogP contribution in [0.15, 0.2) is 22.7 Å². The Labute approximate surface area is 85.5 Å². The number of hydrogen-bond acceptors (Lipinski definition) is 2. The number of hydrogen-bond donors (Lipinski definition) is 2. The highest BCUT2D eigenvalue weighted by atomic mass is 79.9. The van der Waals surface area contributed by atoms with Crippen molar-refractivity contribution in [2.75, 3.05) is 7.11 Å². The quantitative estimate of drug-likeness (QED) is 0.629. The molecule has 0 aromatic heterocycles. The van der Waals surface area contributed by atoms with Crippen molar-refractivity contribution in [3.63, 3.8) is 0 Å². The first-order valence-corrected chi connectivity index (χ1v) is 4.58. The van der Waals surface area contributed by atoms with Gasteiger partial charge in [-0.15, -0.1) is 0 Å². The van der Waals surface area contributed by atoms with Crippen molar-refractivity contribution in [3.8, 4) is 5.75 Å². The van der Waals surface area contributed by atoms with Crippen LogP contribution in [0.4, 0.5) is 0 Å². The second-order valence-electron chi connectivity index (χ2n) is 2.63. The van der Waals surface area contributed by atoms with E-state index < -0.39 is 0 Å². The number of ether oxygens (including phenoxy) is 1. The molecule has 1 rings (SSSR count). The molecular formula is C9H11BrN2O. The summed E-state index contributed by atoms with van der Waals surface area (Å²) in [5, 5.41) is 7.18. The Bertz CT molecular complexity index is 325. The zero-order chi connectivity index (χ0) is 9.84. The molecule has 4 heteroatoms. The van der Waals surface area contributed by atoms with Gasteiger partial charge in [0.1, 0.15) is 5.75 Å². The molecule has 0 saturated heterocycles. The van der Waals surface area contributed by atoms with Gasteiger partial charge in [-0.25, -0.2) is 0 Å². The molecule has 0 atom stereocenters. The summed E-state index contributed by atoms with van der Waals surface area (Å²) in [5.74, 6) is 0.883. The first-order chi connectivity index (χ1) is 6.15. The largest absolute Gasteiger partial charge is 0.495 e. The number of benzene rings is 1. The van der Waals surface area contributed by atoms with Crippen LogP contribution in [0.1, 0.15) is 5.56 Å². The second kappa shape index (κ2) is 4.28. The van der Waals surface area contributed by atoms with Crippen LogP contribution in [0.3, 0.4) is 0 Å². The third kappa shape index (κ3) is 2.45. The van der Waals surface area contributed by atoms with Gasteiger partial charge >= 0.3 is 0 Å². The molecule has 3 nitrogen and oxygen atoms in total. The maximum Gasteiger partial charge on any atom is 0.136 e. The van der Waals surface area contributed by atoms with Gasteiger partial charge in [-0.2, -0.15) is 0 Å². The molecule has 0 aliphatic rings. The summed E-state index contributed by atoms with van der Waals surface area (Å²) in [4.78, 5) is 0.